The maximum Gasteiger partial charge on any atom is 0.508 e. The second kappa shape index (κ2) is 191. The van der Waals surface area contributed by atoms with Crippen molar-refractivity contribution in [3.63, 3.8) is 0 Å². The third-order valence-electron chi connectivity index (χ3n) is 6.95. The molecule has 0 unspecified atom stereocenters. The summed E-state index contributed by atoms with van der Waals surface area (Å²) >= 11 is 20.7. The van der Waals surface area contributed by atoms with Gasteiger partial charge in [0.25, 0.3) is 0 Å². The molecule has 0 spiro atoms. The average molecular weight is 1960 g/mol. The normalized spacial score (nSPS) is 8.83. The van der Waals surface area contributed by atoms with Crippen molar-refractivity contribution in [1.82, 2.24) is 10.6 Å². The molecule has 2 aliphatic heterocycles. The molecule has 2 amide bonds. The smallest absolute Gasteiger partial charge is 0.449 e. The van der Waals surface area contributed by atoms with Gasteiger partial charge in [0.05, 0.1) is 14.2 Å². The summed E-state index contributed by atoms with van der Waals surface area (Å²) in [7, 11) is 24.1. The predicted molar refractivity (Wildman–Crippen MR) is 547 cm³/mol. The number of thioether (sulfide) groups is 6. The van der Waals surface area contributed by atoms with Crippen molar-refractivity contribution >= 4 is 240 Å². The lowest BCUT2D eigenvalue weighted by atomic mass is 10.1. The van der Waals surface area contributed by atoms with E-state index >= 15 is 0 Å². The lowest BCUT2D eigenvalue weighted by molar-refractivity contribution is -0.193. The van der Waals surface area contributed by atoms with E-state index in [0.29, 0.717) is 19.8 Å². The Hall–Kier alpha value is -3.60. The summed E-state index contributed by atoms with van der Waals surface area (Å²) in [5.41, 5.74) is 13.0. The van der Waals surface area contributed by atoms with Gasteiger partial charge in [-0.3, -0.25) is 0 Å². The lowest BCUT2D eigenvalue weighted by Crippen LogP contribution is -2.20. The largest absolute Gasteiger partial charge is 0.508 e. The second-order valence-electron chi connectivity index (χ2n) is 14.5. The monoisotopic (exact) mass is 1950 g/mol. The molecule has 2 aliphatic carbocycles. The Balaban J connectivity index is -0.0000000317. The van der Waals surface area contributed by atoms with E-state index < -0.39 is 18.4 Å². The van der Waals surface area contributed by atoms with Gasteiger partial charge >= 0.3 is 49.1 Å². The van der Waals surface area contributed by atoms with Gasteiger partial charge in [0, 0.05) is 82.4 Å². The van der Waals surface area contributed by atoms with E-state index in [2.05, 4.69) is 49.5 Å². The summed E-state index contributed by atoms with van der Waals surface area (Å²) in [4.78, 5) is 111. The number of allylic oxidation sites excluding steroid dienone is 10. The third-order valence-corrected chi connectivity index (χ3v) is 15.3. The van der Waals surface area contributed by atoms with Crippen LogP contribution in [0, 0.1) is 29.7 Å². The number of alkyl carbamates (subject to hydrolysis) is 2. The highest BCUT2D eigenvalue weighted by molar-refractivity contribution is 8.77. The highest BCUT2D eigenvalue weighted by Gasteiger charge is 2.03. The van der Waals surface area contributed by atoms with Gasteiger partial charge in [0.1, 0.15) is 26.4 Å². The number of hydrogen-bond donors (Lipinski definition) is 6. The average Bonchev–Trinajstić information content (AvgIpc) is 1.93. The molecule has 2 heterocycles. The van der Waals surface area contributed by atoms with E-state index in [-0.39, 0.29) is 126 Å². The minimum atomic E-state index is -0.655. The molecular weight excluding hydrogens is 1800 g/mol. The molecular formula is C76H152N4O20S16-4. The Morgan fingerprint density at radius 3 is 0.810 bits per heavy atom. The summed E-state index contributed by atoms with van der Waals surface area (Å²) in [6.07, 6.45) is 38.4. The van der Waals surface area contributed by atoms with E-state index in [9.17, 15) is 19.2 Å². The van der Waals surface area contributed by atoms with Crippen LogP contribution in [0.2, 0.25) is 0 Å². The van der Waals surface area contributed by atoms with Crippen LogP contribution in [0.4, 0.5) is 19.2 Å². The van der Waals surface area contributed by atoms with Crippen molar-refractivity contribution < 1.29 is 96.2 Å². The second-order valence-corrected chi connectivity index (χ2v) is 31.5. The molecule has 2 aromatic carbocycles. The van der Waals surface area contributed by atoms with Crippen molar-refractivity contribution in [1.29, 1.82) is 0 Å². The number of thiocarbonyl (C=S) groups is 2. The van der Waals surface area contributed by atoms with Gasteiger partial charge in [-0.15, -0.1) is 0 Å². The Morgan fingerprint density at radius 2 is 0.621 bits per heavy atom. The van der Waals surface area contributed by atoms with Crippen LogP contribution in [0.5, 0.6) is 0 Å². The molecule has 8 N–H and O–H groups in total. The topological polar surface area (TPSA) is 377 Å². The molecule has 696 valence electrons. The van der Waals surface area contributed by atoms with E-state index in [0.717, 1.165) is 57.7 Å². The molecule has 0 atom stereocenters. The first-order valence-corrected chi connectivity index (χ1v) is 48.2. The van der Waals surface area contributed by atoms with E-state index in [1.54, 1.807) is 147 Å². The minimum Gasteiger partial charge on any atom is -0.449 e. The summed E-state index contributed by atoms with van der Waals surface area (Å²) in [6.45, 7) is 8.88. The third kappa shape index (κ3) is 239. The fraction of sp³-hybridized carbons (Fsp3) is 0.500. The molecule has 0 radical (unpaired) electrons. The molecule has 6 rings (SSSR count). The van der Waals surface area contributed by atoms with Crippen LogP contribution in [0.15, 0.2) is 131 Å². The number of amides is 2. The number of ether oxygens (including phenoxy) is 6. The first kappa shape index (κ1) is 187. The lowest BCUT2D eigenvalue weighted by Gasteiger charge is -2.04. The van der Waals surface area contributed by atoms with Gasteiger partial charge in [-0.25, -0.2) is 19.2 Å². The molecule has 24 nitrogen and oxygen atoms in total. The zero-order valence-corrected chi connectivity index (χ0v) is 79.7. The Kier molecular flexibility index (Phi) is 307. The van der Waals surface area contributed by atoms with Crippen LogP contribution < -0.4 is 22.1 Å². The number of nitrogens with two attached hydrogens (primary N) is 2. The van der Waals surface area contributed by atoms with E-state index in [1.165, 1.54) is 61.1 Å². The van der Waals surface area contributed by atoms with Gasteiger partial charge < -0.3 is 90.4 Å². The van der Waals surface area contributed by atoms with E-state index in [4.69, 9.17) is 87.2 Å². The van der Waals surface area contributed by atoms with Crippen LogP contribution in [0.25, 0.3) is 0 Å². The summed E-state index contributed by atoms with van der Waals surface area (Å²) in [6, 6.07) is 15.8. The molecule has 2 aromatic rings. The molecule has 40 heteroatoms. The summed E-state index contributed by atoms with van der Waals surface area (Å²) in [5.74, 6) is 7.31. The van der Waals surface area contributed by atoms with Crippen molar-refractivity contribution in [2.45, 2.75) is 82.4 Å². The fourth-order valence-corrected chi connectivity index (χ4v) is 8.52. The number of rotatable bonds is 16. The predicted octanol–water partition coefficient (Wildman–Crippen LogP) is 21.8. The van der Waals surface area contributed by atoms with Crippen LogP contribution in [0.1, 0.15) is 70.5 Å². The molecule has 116 heavy (non-hydrogen) atoms. The van der Waals surface area contributed by atoms with Crippen LogP contribution in [-0.2, 0) is 80.0 Å². The van der Waals surface area contributed by atoms with Crippen molar-refractivity contribution in [3.8, 4) is 0 Å². The SMILES string of the molecule is C.C.C.C.C.C.C.C.C1CS1.C1CS1.C=C1C=CC(=S)C=C1.C=C1C=CC(=S)C=C1.CN.CN.CNC(=O)OCCSSC.CNC(=O)OCc1ccc(SSC)cc1.CO.CO.COC(=O)OCCSSC.COC(=O)OCc1ccc(SSC)cc1.CSC.CSC.CSC.CSC.O=C=O.O=C=O.O=C=O.O=C=O.[CH3-].[CH3-].[CH3-].[CH3-]. The number of nitrogens with one attached hydrogen (secondary N) is 2. The van der Waals surface area contributed by atoms with Crippen molar-refractivity contribution in [3.05, 3.63) is 162 Å². The maximum absolute atomic E-state index is 10.8. The minimum absolute atomic E-state index is 0. The highest BCUT2D eigenvalue weighted by atomic mass is 33.1. The van der Waals surface area contributed by atoms with Gasteiger partial charge in [0.15, 0.2) is 0 Å². The number of hydrogen-bond acceptors (Lipinski definition) is 38. The molecule has 2 fully saturated rings. The number of methoxy groups -OCH3 is 2. The summed E-state index contributed by atoms with van der Waals surface area (Å²) in [5, 5.41) is 18.8. The Labute approximate surface area is 775 Å². The first-order chi connectivity index (χ1) is 50.0. The standard InChI is InChI=1S/C10H13NO2S2.C10H12O3S2.2C7H6S.C5H11NO2S2.C5H10O3S2.2C2H4S.4C2H6S.2CH5N.4CO2.2CH4O.8CH4.4CH3/c1-11-10(12)13-7-8-3-5-9(6-4-8)15-14-2;1-12-10(11)13-7-8-3-5-9(6-4-8)15-14-2;2*1-6-2-4-7(8)5-3-6;1-6-5(7)8-3-4-10-9-2;1-7-5(6)8-3-4-10-9-2;2*1-2-3-1;4*1-3-2;2*1-2;4*2-1-3;2*1-2;;;;;;;;;;;;/h3-6H,7H2,1-2H3,(H,11,12);3-6H,7H2,1-2H3;2*2-5H,1H2;3-4H2,1-2H3,(H,6,7);3-4H2,1-2H3;2*1-2H2;4*1-2H3;2*2H2,1H3;;;;;2*2H,1H3;8*1H4;4*1H3/q;;;;;;;;;;;;;;;;;;;;;;;;;;;;4*-1. The van der Waals surface area contributed by atoms with Crippen LogP contribution in [-0.4, -0.2) is 248 Å². The number of aliphatic hydroxyl groups excluding tert-OH is 2. The van der Waals surface area contributed by atoms with Gasteiger partial charge in [-0.05, 0) is 160 Å². The van der Waals surface area contributed by atoms with Gasteiger partial charge in [-0.2, -0.15) is 109 Å². The van der Waals surface area contributed by atoms with Crippen molar-refractivity contribution in [2.24, 2.45) is 11.5 Å². The molecule has 0 bridgehead atoms. The van der Waals surface area contributed by atoms with Crippen LogP contribution in [0.3, 0.4) is 0 Å². The zero-order chi connectivity index (χ0) is 83.7. The Morgan fingerprint density at radius 1 is 0.414 bits per heavy atom. The van der Waals surface area contributed by atoms with E-state index in [1.807, 2.05) is 196 Å². The van der Waals surface area contributed by atoms with Crippen LogP contribution >= 0.6 is 181 Å². The van der Waals surface area contributed by atoms with Gasteiger partial charge in [-0.1, -0.05) is 232 Å². The zero-order valence-electron chi connectivity index (χ0n) is 66.7. The molecule has 0 saturated carbocycles. The maximum atomic E-state index is 10.8. The number of benzene rings is 2. The highest BCUT2D eigenvalue weighted by Crippen LogP contribution is 2.29. The quantitative estimate of drug-likeness (QED) is 0.0173. The Bertz CT molecular complexity index is 2200. The molecule has 0 aromatic heterocycles. The summed E-state index contributed by atoms with van der Waals surface area (Å²) < 4.78 is 27.6. The number of carbonyl (C=O) groups excluding carboxylic acids is 12. The fourth-order valence-electron chi connectivity index (χ4n) is 3.50. The number of carbonyl (C=O) groups is 4. The molecule has 2 saturated heterocycles. The molecule has 4 aliphatic rings. The van der Waals surface area contributed by atoms with Crippen molar-refractivity contribution in [2.75, 3.05) is 179 Å². The number of aliphatic hydroxyl groups is 2. The first-order valence-electron chi connectivity index (χ1n) is 28.0. The van der Waals surface area contributed by atoms with Gasteiger partial charge in [0.2, 0.25) is 0 Å².